The average Bonchev–Trinajstić information content (AvgIpc) is 3.12. The SMILES string of the molecule is CN=CC(=CN)c1ccc2c(c1)C(Nc1ccc(CC(=O)NC)cc1)CCN1NNC(C)=C21. The number of amides is 1. The fourth-order valence-electron chi connectivity index (χ4n) is 4.34. The standard InChI is InChI=1S/C25H31N7O/c1-16-25-21-9-6-18(19(14-26)15-27-2)13-22(21)23(10-11-32(25)31-30-16)29-20-7-4-17(5-8-20)12-24(33)28-3/h4-9,13-15,23,29-31H,10-12,26H2,1-3H3,(H,28,33). The van der Waals surface area contributed by atoms with Gasteiger partial charge in [-0.15, -0.1) is 5.53 Å². The van der Waals surface area contributed by atoms with Crippen molar-refractivity contribution in [2.24, 2.45) is 10.7 Å². The molecule has 0 fully saturated rings. The van der Waals surface area contributed by atoms with Gasteiger partial charge in [-0.1, -0.05) is 24.3 Å². The van der Waals surface area contributed by atoms with E-state index < -0.39 is 0 Å². The van der Waals surface area contributed by atoms with E-state index in [0.717, 1.165) is 46.7 Å². The lowest BCUT2D eigenvalue weighted by atomic mass is 9.92. The molecular formula is C25H31N7O. The van der Waals surface area contributed by atoms with E-state index in [0.29, 0.717) is 6.42 Å². The molecule has 0 saturated heterocycles. The van der Waals surface area contributed by atoms with Gasteiger partial charge in [-0.05, 0) is 48.2 Å². The smallest absolute Gasteiger partial charge is 0.224 e. The first-order chi connectivity index (χ1) is 16.0. The number of fused-ring (bicyclic) bond motifs is 3. The van der Waals surface area contributed by atoms with Gasteiger partial charge in [0.1, 0.15) is 0 Å². The molecule has 2 aliphatic heterocycles. The Morgan fingerprint density at radius 2 is 2.06 bits per heavy atom. The first-order valence-electron chi connectivity index (χ1n) is 11.1. The number of benzene rings is 2. The minimum Gasteiger partial charge on any atom is -0.404 e. The lowest BCUT2D eigenvalue weighted by Crippen LogP contribution is -2.37. The number of allylic oxidation sites excluding steroid dienone is 2. The molecule has 2 aliphatic rings. The number of carbonyl (C=O) groups excluding carboxylic acids is 1. The topological polar surface area (TPSA) is 107 Å². The van der Waals surface area contributed by atoms with Gasteiger partial charge >= 0.3 is 0 Å². The van der Waals surface area contributed by atoms with Crippen LogP contribution in [0, 0.1) is 0 Å². The fraction of sp³-hybridized carbons (Fsp3) is 0.280. The van der Waals surface area contributed by atoms with Crippen molar-refractivity contribution < 1.29 is 4.79 Å². The molecular weight excluding hydrogens is 414 g/mol. The normalized spacial score (nSPS) is 18.0. The summed E-state index contributed by atoms with van der Waals surface area (Å²) >= 11 is 0. The Bertz CT molecular complexity index is 1120. The molecule has 0 radical (unpaired) electrons. The molecule has 8 nitrogen and oxygen atoms in total. The highest BCUT2D eigenvalue weighted by atomic mass is 16.1. The summed E-state index contributed by atoms with van der Waals surface area (Å²) in [4.78, 5) is 15.8. The van der Waals surface area contributed by atoms with E-state index in [1.165, 1.54) is 11.1 Å². The summed E-state index contributed by atoms with van der Waals surface area (Å²) in [6.45, 7) is 2.92. The van der Waals surface area contributed by atoms with Gasteiger partial charge in [-0.2, -0.15) is 0 Å². The highest BCUT2D eigenvalue weighted by Crippen LogP contribution is 2.38. The highest BCUT2D eigenvalue weighted by molar-refractivity contribution is 6.09. The van der Waals surface area contributed by atoms with Gasteiger partial charge in [-0.25, -0.2) is 0 Å². The molecule has 0 bridgehead atoms. The molecule has 0 saturated carbocycles. The first kappa shape index (κ1) is 22.4. The third-order valence-corrected chi connectivity index (χ3v) is 6.05. The summed E-state index contributed by atoms with van der Waals surface area (Å²) in [7, 11) is 3.40. The first-order valence-corrected chi connectivity index (χ1v) is 11.1. The number of rotatable bonds is 6. The summed E-state index contributed by atoms with van der Waals surface area (Å²) in [6, 6.07) is 14.6. The minimum absolute atomic E-state index is 0.00524. The molecule has 2 aromatic carbocycles. The predicted octanol–water partition coefficient (Wildman–Crippen LogP) is 2.55. The lowest BCUT2D eigenvalue weighted by molar-refractivity contribution is -0.119. The summed E-state index contributed by atoms with van der Waals surface area (Å²) in [5, 5.41) is 8.54. The Labute approximate surface area is 194 Å². The van der Waals surface area contributed by atoms with Crippen LogP contribution in [-0.2, 0) is 11.2 Å². The number of likely N-dealkylation sites (N-methyl/N-ethyl adjacent to an activating group) is 1. The number of hydrogen-bond acceptors (Lipinski definition) is 7. The maximum absolute atomic E-state index is 11.7. The zero-order valence-corrected chi connectivity index (χ0v) is 19.3. The molecule has 8 heteroatoms. The van der Waals surface area contributed by atoms with Crippen molar-refractivity contribution in [2.75, 3.05) is 26.0 Å². The summed E-state index contributed by atoms with van der Waals surface area (Å²) in [5.74, 6) is 0.00524. The van der Waals surface area contributed by atoms with E-state index >= 15 is 0 Å². The van der Waals surface area contributed by atoms with Crippen LogP contribution in [0.15, 0.2) is 59.4 Å². The molecule has 0 aliphatic carbocycles. The molecule has 1 amide bonds. The van der Waals surface area contributed by atoms with Crippen molar-refractivity contribution in [3.8, 4) is 0 Å². The number of aliphatic imine (C=N–C) groups is 1. The second-order valence-electron chi connectivity index (χ2n) is 8.21. The average molecular weight is 446 g/mol. The van der Waals surface area contributed by atoms with E-state index in [2.05, 4.69) is 56.7 Å². The molecule has 0 spiro atoms. The maximum Gasteiger partial charge on any atom is 0.224 e. The second-order valence-corrected chi connectivity index (χ2v) is 8.21. The molecule has 33 heavy (non-hydrogen) atoms. The Kier molecular flexibility index (Phi) is 6.65. The van der Waals surface area contributed by atoms with Crippen LogP contribution in [0.3, 0.4) is 0 Å². The zero-order valence-electron chi connectivity index (χ0n) is 19.3. The molecule has 0 aromatic heterocycles. The molecule has 2 aromatic rings. The second kappa shape index (κ2) is 9.79. The predicted molar refractivity (Wildman–Crippen MR) is 134 cm³/mol. The van der Waals surface area contributed by atoms with E-state index in [-0.39, 0.29) is 11.9 Å². The van der Waals surface area contributed by atoms with Gasteiger partial charge in [0.25, 0.3) is 0 Å². The van der Waals surface area contributed by atoms with Crippen LogP contribution in [0.2, 0.25) is 0 Å². The minimum atomic E-state index is 0.00524. The number of anilines is 1. The van der Waals surface area contributed by atoms with Crippen LogP contribution < -0.4 is 27.3 Å². The summed E-state index contributed by atoms with van der Waals surface area (Å²) < 4.78 is 0. The van der Waals surface area contributed by atoms with Crippen LogP contribution in [0.5, 0.6) is 0 Å². The molecule has 1 unspecified atom stereocenters. The van der Waals surface area contributed by atoms with Crippen molar-refractivity contribution in [3.63, 3.8) is 0 Å². The molecule has 172 valence electrons. The third-order valence-electron chi connectivity index (χ3n) is 6.05. The van der Waals surface area contributed by atoms with Gasteiger partial charge in [0, 0.05) is 49.9 Å². The molecule has 1 atom stereocenters. The van der Waals surface area contributed by atoms with Gasteiger partial charge in [0.15, 0.2) is 0 Å². The summed E-state index contributed by atoms with van der Waals surface area (Å²) in [5.41, 5.74) is 20.9. The van der Waals surface area contributed by atoms with Crippen molar-refractivity contribution in [1.29, 1.82) is 0 Å². The van der Waals surface area contributed by atoms with Crippen molar-refractivity contribution in [1.82, 2.24) is 21.3 Å². The zero-order chi connectivity index (χ0) is 23.4. The quantitative estimate of drug-likeness (QED) is 0.438. The number of hydrazine groups is 2. The van der Waals surface area contributed by atoms with Crippen LogP contribution in [0.25, 0.3) is 11.3 Å². The Hall–Kier alpha value is -3.78. The summed E-state index contributed by atoms with van der Waals surface area (Å²) in [6.07, 6.45) is 4.64. The third kappa shape index (κ3) is 4.70. The number of hydrogen-bond donors (Lipinski definition) is 5. The van der Waals surface area contributed by atoms with Gasteiger partial charge in [-0.3, -0.25) is 14.8 Å². The monoisotopic (exact) mass is 445 g/mol. The van der Waals surface area contributed by atoms with E-state index in [1.54, 1.807) is 26.5 Å². The molecule has 6 N–H and O–H groups in total. The van der Waals surface area contributed by atoms with Crippen LogP contribution >= 0.6 is 0 Å². The number of nitrogens with one attached hydrogen (secondary N) is 4. The Balaban J connectivity index is 1.70. The molecule has 4 rings (SSSR count). The number of nitrogens with two attached hydrogens (primary N) is 1. The Morgan fingerprint density at radius 1 is 1.27 bits per heavy atom. The van der Waals surface area contributed by atoms with Crippen molar-refractivity contribution in [2.45, 2.75) is 25.8 Å². The van der Waals surface area contributed by atoms with Crippen LogP contribution in [0.1, 0.15) is 41.6 Å². The lowest BCUT2D eigenvalue weighted by Gasteiger charge is -2.22. The van der Waals surface area contributed by atoms with Gasteiger partial charge < -0.3 is 21.8 Å². The maximum atomic E-state index is 11.7. The highest BCUT2D eigenvalue weighted by Gasteiger charge is 2.30. The van der Waals surface area contributed by atoms with Gasteiger partial charge in [0.05, 0.1) is 23.9 Å². The van der Waals surface area contributed by atoms with Crippen molar-refractivity contribution >= 4 is 29.1 Å². The largest absolute Gasteiger partial charge is 0.404 e. The number of nitrogens with zero attached hydrogens (tertiary/aromatic N) is 2. The fourth-order valence-corrected chi connectivity index (χ4v) is 4.34. The van der Waals surface area contributed by atoms with Crippen LogP contribution in [-0.4, -0.2) is 37.8 Å². The van der Waals surface area contributed by atoms with E-state index in [1.807, 2.05) is 24.3 Å². The van der Waals surface area contributed by atoms with E-state index in [4.69, 9.17) is 5.73 Å². The van der Waals surface area contributed by atoms with Crippen LogP contribution in [0.4, 0.5) is 5.69 Å². The molecule has 2 heterocycles. The number of carbonyl (C=O) groups is 1. The van der Waals surface area contributed by atoms with Crippen molar-refractivity contribution in [3.05, 3.63) is 76.6 Å². The van der Waals surface area contributed by atoms with Gasteiger partial charge in [0.2, 0.25) is 5.91 Å². The Morgan fingerprint density at radius 3 is 2.76 bits per heavy atom. The van der Waals surface area contributed by atoms with E-state index in [9.17, 15) is 4.79 Å².